The monoisotopic (exact) mass is 611 g/mol. The number of hydrogen-bond acceptors (Lipinski definition) is 7. The number of carboxylic acid groups (broad SMARTS) is 1. The van der Waals surface area contributed by atoms with Crippen molar-refractivity contribution in [2.75, 3.05) is 19.0 Å². The van der Waals surface area contributed by atoms with E-state index >= 15 is 0 Å². The predicted octanol–water partition coefficient (Wildman–Crippen LogP) is 4.27. The molecule has 1 aliphatic heterocycles. The summed E-state index contributed by atoms with van der Waals surface area (Å²) in [6, 6.07) is 12.9. The van der Waals surface area contributed by atoms with Crippen molar-refractivity contribution < 1.29 is 33.8 Å². The highest BCUT2D eigenvalue weighted by atomic mass is 32.2. The van der Waals surface area contributed by atoms with Gasteiger partial charge in [0.2, 0.25) is 11.8 Å². The number of carbonyl (C=O) groups excluding carboxylic acids is 3. The summed E-state index contributed by atoms with van der Waals surface area (Å²) in [4.78, 5) is 50.8. The standard InChI is InChI=1S/C32H41N3O7S/c1-19(2)16-26(31(38)39)34-30(37)27(18-43-28-14-8-9-15-41-28)35-29(36)20(3)33-32(40)42-17-25-23-12-6-4-10-21(23)22-11-5-7-13-24(22)25/h4-7,10-13,19-20,25-28H,8-9,14-18H2,1-3H3,(H,33,40)(H,34,37)(H,35,36)(H,38,39)/t20-,26-,27-,28?/m0/s1. The van der Waals surface area contributed by atoms with Crippen LogP contribution in [0, 0.1) is 5.92 Å². The number of nitrogens with one attached hydrogen (secondary N) is 3. The van der Waals surface area contributed by atoms with E-state index in [9.17, 15) is 24.3 Å². The zero-order valence-electron chi connectivity index (χ0n) is 24.8. The van der Waals surface area contributed by atoms with Crippen molar-refractivity contribution in [1.29, 1.82) is 0 Å². The molecule has 1 unspecified atom stereocenters. The molecule has 3 amide bonds. The highest BCUT2D eigenvalue weighted by Gasteiger charge is 2.31. The molecule has 43 heavy (non-hydrogen) atoms. The normalized spacial score (nSPS) is 18.1. The Hall–Kier alpha value is -3.57. The van der Waals surface area contributed by atoms with Crippen LogP contribution in [0.15, 0.2) is 48.5 Å². The number of aliphatic carboxylic acids is 1. The number of carbonyl (C=O) groups is 4. The van der Waals surface area contributed by atoms with Gasteiger partial charge in [0.25, 0.3) is 0 Å². The topological polar surface area (TPSA) is 143 Å². The molecule has 0 radical (unpaired) electrons. The number of fused-ring (bicyclic) bond motifs is 3. The van der Waals surface area contributed by atoms with Gasteiger partial charge in [-0.05, 0) is 60.8 Å². The first-order valence-corrected chi connectivity index (χ1v) is 15.9. The van der Waals surface area contributed by atoms with E-state index in [4.69, 9.17) is 9.47 Å². The number of alkyl carbamates (subject to hydrolysis) is 1. The fraction of sp³-hybridized carbons (Fsp3) is 0.500. The molecule has 232 valence electrons. The van der Waals surface area contributed by atoms with Gasteiger partial charge in [0.15, 0.2) is 0 Å². The minimum Gasteiger partial charge on any atom is -0.480 e. The van der Waals surface area contributed by atoms with E-state index in [1.54, 1.807) is 0 Å². The molecule has 1 aliphatic carbocycles. The summed E-state index contributed by atoms with van der Waals surface area (Å²) in [6.45, 7) is 5.98. The third kappa shape index (κ3) is 8.73. The van der Waals surface area contributed by atoms with E-state index in [-0.39, 0.29) is 36.1 Å². The van der Waals surface area contributed by atoms with Crippen LogP contribution in [0.2, 0.25) is 0 Å². The van der Waals surface area contributed by atoms with Crippen molar-refractivity contribution in [2.45, 2.75) is 75.9 Å². The van der Waals surface area contributed by atoms with Gasteiger partial charge < -0.3 is 30.5 Å². The van der Waals surface area contributed by atoms with E-state index < -0.39 is 42.0 Å². The van der Waals surface area contributed by atoms with Crippen LogP contribution in [0.1, 0.15) is 63.5 Å². The molecule has 4 N–H and O–H groups in total. The fourth-order valence-corrected chi connectivity index (χ4v) is 6.54. The molecule has 1 fully saturated rings. The van der Waals surface area contributed by atoms with Gasteiger partial charge in [-0.1, -0.05) is 62.4 Å². The van der Waals surface area contributed by atoms with E-state index in [0.29, 0.717) is 6.61 Å². The van der Waals surface area contributed by atoms with E-state index in [1.165, 1.54) is 18.7 Å². The zero-order chi connectivity index (χ0) is 30.9. The first-order chi connectivity index (χ1) is 20.6. The average molecular weight is 612 g/mol. The average Bonchev–Trinajstić information content (AvgIpc) is 3.31. The molecular formula is C32H41N3O7S. The van der Waals surface area contributed by atoms with Gasteiger partial charge >= 0.3 is 12.1 Å². The Morgan fingerprint density at radius 3 is 2.12 bits per heavy atom. The maximum absolute atomic E-state index is 13.2. The Balaban J connectivity index is 1.35. The van der Waals surface area contributed by atoms with Crippen LogP contribution in [0.5, 0.6) is 0 Å². The molecule has 2 aromatic carbocycles. The first kappa shape index (κ1) is 32.3. The fourth-order valence-electron chi connectivity index (χ4n) is 5.37. The predicted molar refractivity (Wildman–Crippen MR) is 165 cm³/mol. The second-order valence-electron chi connectivity index (χ2n) is 11.4. The molecular weight excluding hydrogens is 570 g/mol. The summed E-state index contributed by atoms with van der Waals surface area (Å²) in [6.07, 6.45) is 2.32. The summed E-state index contributed by atoms with van der Waals surface area (Å²) in [5.74, 6) is -2.22. The van der Waals surface area contributed by atoms with Gasteiger partial charge in [0.1, 0.15) is 30.2 Å². The van der Waals surface area contributed by atoms with Crippen LogP contribution in [0.3, 0.4) is 0 Å². The smallest absolute Gasteiger partial charge is 0.407 e. The SMILES string of the molecule is CC(C)C[C@H](NC(=O)[C@H](CSC1CCCCO1)NC(=O)[C@H](C)NC(=O)OCC1c2ccccc2-c2ccccc21)C(=O)O. The molecule has 1 saturated heterocycles. The van der Waals surface area contributed by atoms with Crippen molar-refractivity contribution in [3.05, 3.63) is 59.7 Å². The van der Waals surface area contributed by atoms with Crippen molar-refractivity contribution in [3.8, 4) is 11.1 Å². The minimum absolute atomic E-state index is 0.0425. The van der Waals surface area contributed by atoms with Crippen molar-refractivity contribution in [2.24, 2.45) is 5.92 Å². The molecule has 1 heterocycles. The second kappa shape index (κ2) is 15.2. The molecule has 4 atom stereocenters. The number of ether oxygens (including phenoxy) is 2. The minimum atomic E-state index is -1.14. The number of rotatable bonds is 13. The quantitative estimate of drug-likeness (QED) is 0.263. The van der Waals surface area contributed by atoms with Crippen LogP contribution in [0.25, 0.3) is 11.1 Å². The van der Waals surface area contributed by atoms with Crippen LogP contribution in [-0.4, -0.2) is 71.5 Å². The summed E-state index contributed by atoms with van der Waals surface area (Å²) in [5, 5.41) is 17.4. The largest absolute Gasteiger partial charge is 0.480 e. The second-order valence-corrected chi connectivity index (χ2v) is 12.6. The van der Waals surface area contributed by atoms with Gasteiger partial charge in [-0.3, -0.25) is 9.59 Å². The summed E-state index contributed by atoms with van der Waals surface area (Å²) >= 11 is 1.40. The molecule has 4 rings (SSSR count). The number of hydrogen-bond donors (Lipinski definition) is 4. The summed E-state index contributed by atoms with van der Waals surface area (Å²) in [7, 11) is 0. The number of thioether (sulfide) groups is 1. The molecule has 2 aliphatic rings. The van der Waals surface area contributed by atoms with E-state index in [2.05, 4.69) is 16.0 Å². The Morgan fingerprint density at radius 2 is 1.53 bits per heavy atom. The molecule has 2 aromatic rings. The lowest BCUT2D eigenvalue weighted by Crippen LogP contribution is -2.56. The Kier molecular flexibility index (Phi) is 11.5. The van der Waals surface area contributed by atoms with Crippen LogP contribution < -0.4 is 16.0 Å². The van der Waals surface area contributed by atoms with Gasteiger partial charge in [-0.15, -0.1) is 11.8 Å². The number of benzene rings is 2. The maximum Gasteiger partial charge on any atom is 0.407 e. The highest BCUT2D eigenvalue weighted by Crippen LogP contribution is 2.44. The zero-order valence-corrected chi connectivity index (χ0v) is 25.7. The Bertz CT molecular complexity index is 1250. The molecule has 10 nitrogen and oxygen atoms in total. The summed E-state index contributed by atoms with van der Waals surface area (Å²) in [5.41, 5.74) is 4.27. The molecule has 0 bridgehead atoms. The molecule has 11 heteroatoms. The summed E-state index contributed by atoms with van der Waals surface area (Å²) < 4.78 is 11.3. The first-order valence-electron chi connectivity index (χ1n) is 14.8. The maximum atomic E-state index is 13.2. The van der Waals surface area contributed by atoms with Crippen LogP contribution in [0.4, 0.5) is 4.79 Å². The van der Waals surface area contributed by atoms with Crippen molar-refractivity contribution in [3.63, 3.8) is 0 Å². The van der Waals surface area contributed by atoms with Gasteiger partial charge in [-0.25, -0.2) is 9.59 Å². The lowest BCUT2D eigenvalue weighted by atomic mass is 9.98. The van der Waals surface area contributed by atoms with Crippen LogP contribution in [-0.2, 0) is 23.9 Å². The third-order valence-electron chi connectivity index (χ3n) is 7.61. The Morgan fingerprint density at radius 1 is 0.907 bits per heavy atom. The van der Waals surface area contributed by atoms with Crippen LogP contribution >= 0.6 is 11.8 Å². The van der Waals surface area contributed by atoms with Crippen molar-refractivity contribution in [1.82, 2.24) is 16.0 Å². The lowest BCUT2D eigenvalue weighted by molar-refractivity contribution is -0.142. The van der Waals surface area contributed by atoms with Crippen molar-refractivity contribution >= 4 is 35.6 Å². The molecule has 0 spiro atoms. The van der Waals surface area contributed by atoms with Gasteiger partial charge in [0, 0.05) is 18.3 Å². The van der Waals surface area contributed by atoms with E-state index in [1.807, 2.05) is 62.4 Å². The van der Waals surface area contributed by atoms with E-state index in [0.717, 1.165) is 41.5 Å². The number of amides is 3. The molecule has 0 aromatic heterocycles. The third-order valence-corrected chi connectivity index (χ3v) is 8.88. The lowest BCUT2D eigenvalue weighted by Gasteiger charge is -2.26. The number of carboxylic acids is 1. The Labute approximate surface area is 256 Å². The van der Waals surface area contributed by atoms with Gasteiger partial charge in [-0.2, -0.15) is 0 Å². The van der Waals surface area contributed by atoms with Gasteiger partial charge in [0.05, 0.1) is 0 Å². The molecule has 0 saturated carbocycles. The highest BCUT2D eigenvalue weighted by molar-refractivity contribution is 7.99.